The summed E-state index contributed by atoms with van der Waals surface area (Å²) in [5.41, 5.74) is 0. The van der Waals surface area contributed by atoms with Gasteiger partial charge in [0.25, 0.3) is 0 Å². The number of nitrogens with zero attached hydrogens (tertiary/aromatic N) is 3. The average molecular weight is 481 g/mol. The van der Waals surface area contributed by atoms with Crippen molar-refractivity contribution in [2.24, 2.45) is 4.99 Å². The van der Waals surface area contributed by atoms with Gasteiger partial charge in [-0.25, -0.2) is 0 Å². The lowest BCUT2D eigenvalue weighted by molar-refractivity contribution is -0.0453. The Bertz CT molecular complexity index is 411. The average Bonchev–Trinajstić information content (AvgIpc) is 3.04. The fourth-order valence-corrected chi connectivity index (χ4v) is 4.02. The monoisotopic (exact) mass is 481 g/mol. The van der Waals surface area contributed by atoms with Gasteiger partial charge in [-0.2, -0.15) is 0 Å². The molecule has 2 saturated heterocycles. The molecule has 2 unspecified atom stereocenters. The van der Waals surface area contributed by atoms with Gasteiger partial charge in [0, 0.05) is 51.4 Å². The van der Waals surface area contributed by atoms with E-state index in [-0.39, 0.29) is 30.1 Å². The molecule has 6 nitrogen and oxygen atoms in total. The largest absolute Gasteiger partial charge is 0.373 e. The Balaban J connectivity index is 0.00000338. The number of guanidine groups is 1. The van der Waals surface area contributed by atoms with E-state index in [2.05, 4.69) is 53.1 Å². The number of fused-ring (bicyclic) bond motifs is 1. The Morgan fingerprint density at radius 2 is 1.96 bits per heavy atom. The number of morpholine rings is 1. The Hall–Kier alpha value is -0.120. The Morgan fingerprint density at radius 1 is 1.23 bits per heavy atom. The molecule has 2 aliphatic heterocycles. The van der Waals surface area contributed by atoms with Crippen LogP contribution in [0, 0.1) is 0 Å². The Morgan fingerprint density at radius 3 is 2.62 bits per heavy atom. The van der Waals surface area contributed by atoms with Gasteiger partial charge in [0.1, 0.15) is 0 Å². The molecule has 2 rings (SSSR count). The molecule has 2 fully saturated rings. The second kappa shape index (κ2) is 12.4. The predicted octanol–water partition coefficient (Wildman–Crippen LogP) is 2.14. The number of hydrogen-bond donors (Lipinski definition) is 2. The normalized spacial score (nSPS) is 24.1. The van der Waals surface area contributed by atoms with Crippen LogP contribution >= 0.6 is 24.0 Å². The van der Waals surface area contributed by atoms with Crippen molar-refractivity contribution < 1.29 is 4.74 Å². The topological polar surface area (TPSA) is 52.1 Å². The van der Waals surface area contributed by atoms with Crippen LogP contribution in [0.3, 0.4) is 0 Å². The molecule has 0 saturated carbocycles. The van der Waals surface area contributed by atoms with Gasteiger partial charge in [0.05, 0.1) is 12.7 Å². The smallest absolute Gasteiger partial charge is 0.191 e. The Kier molecular flexibility index (Phi) is 11.4. The molecule has 0 spiro atoms. The van der Waals surface area contributed by atoms with Crippen LogP contribution in [0.4, 0.5) is 0 Å². The quantitative estimate of drug-likeness (QED) is 0.241. The summed E-state index contributed by atoms with van der Waals surface area (Å²) in [6.45, 7) is 15.1. The maximum Gasteiger partial charge on any atom is 0.191 e. The van der Waals surface area contributed by atoms with Gasteiger partial charge in [-0.1, -0.05) is 0 Å². The third-order valence-electron chi connectivity index (χ3n) is 5.39. The third kappa shape index (κ3) is 7.48. The first-order valence-electron chi connectivity index (χ1n) is 10.1. The molecule has 0 radical (unpaired) electrons. The van der Waals surface area contributed by atoms with Crippen LogP contribution < -0.4 is 10.6 Å². The molecule has 2 heterocycles. The minimum absolute atomic E-state index is 0. The standard InChI is InChI=1S/C19H39N5O.HI/c1-15(2)24(16(3)4)11-7-9-21-19(20-5)22-12-18-13-23-10-6-8-17(23)14-25-18;/h15-18H,6-14H2,1-5H3,(H2,20,21,22);1H. The number of ether oxygens (including phenoxy) is 1. The molecule has 2 aliphatic rings. The van der Waals surface area contributed by atoms with Crippen LogP contribution in [-0.2, 0) is 4.74 Å². The van der Waals surface area contributed by atoms with Gasteiger partial charge in [0.15, 0.2) is 5.96 Å². The highest BCUT2D eigenvalue weighted by atomic mass is 127. The molecule has 0 bridgehead atoms. The lowest BCUT2D eigenvalue weighted by Gasteiger charge is -2.35. The van der Waals surface area contributed by atoms with Crippen LogP contribution in [0.1, 0.15) is 47.0 Å². The number of hydrogen-bond acceptors (Lipinski definition) is 4. The van der Waals surface area contributed by atoms with E-state index in [1.807, 2.05) is 7.05 Å². The van der Waals surface area contributed by atoms with Crippen molar-refractivity contribution in [2.75, 3.05) is 46.4 Å². The number of nitrogens with one attached hydrogen (secondary N) is 2. The highest BCUT2D eigenvalue weighted by Gasteiger charge is 2.32. The number of rotatable bonds is 8. The summed E-state index contributed by atoms with van der Waals surface area (Å²) >= 11 is 0. The SMILES string of the molecule is CN=C(NCCCN(C(C)C)C(C)C)NCC1CN2CCCC2CO1.I. The fourth-order valence-electron chi connectivity index (χ4n) is 4.02. The molecule has 0 aromatic heterocycles. The molecule has 0 aliphatic carbocycles. The maximum atomic E-state index is 6.00. The van der Waals surface area contributed by atoms with Crippen molar-refractivity contribution >= 4 is 29.9 Å². The van der Waals surface area contributed by atoms with Gasteiger partial charge in [0.2, 0.25) is 0 Å². The first-order valence-corrected chi connectivity index (χ1v) is 10.1. The van der Waals surface area contributed by atoms with E-state index >= 15 is 0 Å². The first-order chi connectivity index (χ1) is 12.0. The molecule has 2 N–H and O–H groups in total. The lowest BCUT2D eigenvalue weighted by Crippen LogP contribution is -2.51. The van der Waals surface area contributed by atoms with Crippen LogP contribution in [0.5, 0.6) is 0 Å². The van der Waals surface area contributed by atoms with E-state index < -0.39 is 0 Å². The summed E-state index contributed by atoms with van der Waals surface area (Å²) in [5.74, 6) is 0.882. The molecule has 7 heteroatoms. The molecule has 154 valence electrons. The second-order valence-electron chi connectivity index (χ2n) is 7.91. The minimum atomic E-state index is 0. The van der Waals surface area contributed by atoms with E-state index in [9.17, 15) is 0 Å². The zero-order valence-electron chi connectivity index (χ0n) is 17.3. The van der Waals surface area contributed by atoms with Crippen molar-refractivity contribution in [2.45, 2.75) is 71.2 Å². The highest BCUT2D eigenvalue weighted by Crippen LogP contribution is 2.22. The predicted molar refractivity (Wildman–Crippen MR) is 121 cm³/mol. The molecule has 0 aromatic carbocycles. The van der Waals surface area contributed by atoms with Crippen molar-refractivity contribution in [3.63, 3.8) is 0 Å². The van der Waals surface area contributed by atoms with Crippen molar-refractivity contribution in [1.29, 1.82) is 0 Å². The van der Waals surface area contributed by atoms with Gasteiger partial charge in [-0.15, -0.1) is 24.0 Å². The van der Waals surface area contributed by atoms with Gasteiger partial charge < -0.3 is 15.4 Å². The highest BCUT2D eigenvalue weighted by molar-refractivity contribution is 14.0. The number of halogens is 1. The summed E-state index contributed by atoms with van der Waals surface area (Å²) in [7, 11) is 1.84. The summed E-state index contributed by atoms with van der Waals surface area (Å²) in [5, 5.41) is 6.86. The fraction of sp³-hybridized carbons (Fsp3) is 0.947. The van der Waals surface area contributed by atoms with Crippen molar-refractivity contribution in [3.05, 3.63) is 0 Å². The lowest BCUT2D eigenvalue weighted by atomic mass is 10.2. The summed E-state index contributed by atoms with van der Waals surface area (Å²) in [4.78, 5) is 9.45. The van der Waals surface area contributed by atoms with Crippen LogP contribution in [-0.4, -0.2) is 86.4 Å². The van der Waals surface area contributed by atoms with Crippen molar-refractivity contribution in [1.82, 2.24) is 20.4 Å². The van der Waals surface area contributed by atoms with E-state index in [4.69, 9.17) is 4.74 Å². The minimum Gasteiger partial charge on any atom is -0.373 e. The molecular formula is C19H40IN5O. The maximum absolute atomic E-state index is 6.00. The molecule has 0 amide bonds. The Labute approximate surface area is 177 Å². The van der Waals surface area contributed by atoms with E-state index in [1.165, 1.54) is 19.4 Å². The summed E-state index contributed by atoms with van der Waals surface area (Å²) in [6.07, 6.45) is 4.01. The van der Waals surface area contributed by atoms with Gasteiger partial charge >= 0.3 is 0 Å². The first kappa shape index (κ1) is 23.9. The molecular weight excluding hydrogens is 441 g/mol. The molecule has 2 atom stereocenters. The van der Waals surface area contributed by atoms with E-state index in [0.717, 1.165) is 45.2 Å². The van der Waals surface area contributed by atoms with Crippen LogP contribution in [0.2, 0.25) is 0 Å². The summed E-state index contributed by atoms with van der Waals surface area (Å²) in [6, 6.07) is 1.85. The van der Waals surface area contributed by atoms with Crippen LogP contribution in [0.25, 0.3) is 0 Å². The summed E-state index contributed by atoms with van der Waals surface area (Å²) < 4.78 is 6.00. The number of aliphatic imine (C=N–C) groups is 1. The second-order valence-corrected chi connectivity index (χ2v) is 7.91. The third-order valence-corrected chi connectivity index (χ3v) is 5.39. The van der Waals surface area contributed by atoms with E-state index in [1.54, 1.807) is 0 Å². The zero-order valence-corrected chi connectivity index (χ0v) is 19.7. The van der Waals surface area contributed by atoms with Gasteiger partial charge in [-0.05, 0) is 53.5 Å². The molecule has 26 heavy (non-hydrogen) atoms. The molecule has 0 aromatic rings. The van der Waals surface area contributed by atoms with Gasteiger partial charge in [-0.3, -0.25) is 14.8 Å². The van der Waals surface area contributed by atoms with E-state index in [0.29, 0.717) is 18.1 Å². The van der Waals surface area contributed by atoms with Crippen molar-refractivity contribution in [3.8, 4) is 0 Å². The zero-order chi connectivity index (χ0) is 18.2. The van der Waals surface area contributed by atoms with Crippen LogP contribution in [0.15, 0.2) is 4.99 Å².